The molecule has 0 aliphatic heterocycles. The molecule has 22 heavy (non-hydrogen) atoms. The van der Waals surface area contributed by atoms with Gasteiger partial charge < -0.3 is 4.84 Å². The number of nitrogens with zero attached hydrogens (tertiary/aromatic N) is 1. The van der Waals surface area contributed by atoms with E-state index in [1.807, 2.05) is 0 Å². The van der Waals surface area contributed by atoms with Crippen LogP contribution in [0.4, 0.5) is 8.78 Å². The summed E-state index contributed by atoms with van der Waals surface area (Å²) in [6.45, 7) is 1.59. The molecule has 0 amide bonds. The Morgan fingerprint density at radius 3 is 1.77 bits per heavy atom. The molecule has 1 unspecified atom stereocenters. The largest absolute Gasteiger partial charge is 0.311 e. The second kappa shape index (κ2) is 6.98. The van der Waals surface area contributed by atoms with Crippen LogP contribution in [0.5, 0.6) is 0 Å². The number of hydrogen-bond donors (Lipinski definition) is 0. The average molecular weight is 307 g/mol. The smallest absolute Gasteiger partial charge is 0.294 e. The maximum absolute atomic E-state index is 13.1. The Bertz CT molecular complexity index is 583. The van der Waals surface area contributed by atoms with Gasteiger partial charge in [0.2, 0.25) is 0 Å². The van der Waals surface area contributed by atoms with Crippen LogP contribution in [0.2, 0.25) is 0 Å². The Morgan fingerprint density at radius 1 is 1.00 bits per heavy atom. The number of rotatable bonds is 6. The Balaban J connectivity index is 2.29. The van der Waals surface area contributed by atoms with E-state index in [9.17, 15) is 18.9 Å². The van der Waals surface area contributed by atoms with Crippen LogP contribution >= 0.6 is 0 Å². The third-order valence-corrected chi connectivity index (χ3v) is 3.38. The Hall–Kier alpha value is -2.50. The molecule has 0 radical (unpaired) electrons. The molecular formula is C16H15F2NO3. The molecule has 4 nitrogen and oxygen atoms in total. The second-order valence-corrected chi connectivity index (χ2v) is 5.03. The Morgan fingerprint density at radius 2 is 1.41 bits per heavy atom. The fourth-order valence-corrected chi connectivity index (χ4v) is 2.38. The van der Waals surface area contributed by atoms with Crippen molar-refractivity contribution in [2.45, 2.75) is 25.4 Å². The molecule has 2 aromatic rings. The van der Waals surface area contributed by atoms with E-state index in [0.29, 0.717) is 6.42 Å². The molecule has 6 heteroatoms. The van der Waals surface area contributed by atoms with Crippen LogP contribution in [-0.2, 0) is 4.84 Å². The summed E-state index contributed by atoms with van der Waals surface area (Å²) in [7, 11) is 0. The standard InChI is InChI=1S/C16H15F2NO3/c1-11(22-19(20)21)10-16(12-2-6-14(17)7-3-12)13-4-8-15(18)9-5-13/h2-9,11,16H,10H2,1H3. The van der Waals surface area contributed by atoms with E-state index in [0.717, 1.165) is 11.1 Å². The highest BCUT2D eigenvalue weighted by molar-refractivity contribution is 5.33. The summed E-state index contributed by atoms with van der Waals surface area (Å²) in [6, 6.07) is 11.8. The van der Waals surface area contributed by atoms with E-state index >= 15 is 0 Å². The molecule has 0 bridgehead atoms. The predicted octanol–water partition coefficient (Wildman–Crippen LogP) is 4.08. The molecule has 0 aromatic heterocycles. The topological polar surface area (TPSA) is 52.4 Å². The van der Waals surface area contributed by atoms with Gasteiger partial charge in [-0.3, -0.25) is 0 Å². The van der Waals surface area contributed by atoms with Crippen molar-refractivity contribution >= 4 is 0 Å². The molecular weight excluding hydrogens is 292 g/mol. The molecule has 2 rings (SSSR count). The first kappa shape index (κ1) is 15.9. The monoisotopic (exact) mass is 307 g/mol. The number of hydrogen-bond acceptors (Lipinski definition) is 3. The second-order valence-electron chi connectivity index (χ2n) is 5.03. The van der Waals surface area contributed by atoms with Crippen molar-refractivity contribution in [1.29, 1.82) is 0 Å². The minimum atomic E-state index is -0.836. The molecule has 116 valence electrons. The van der Waals surface area contributed by atoms with E-state index in [1.165, 1.54) is 24.3 Å². The zero-order valence-electron chi connectivity index (χ0n) is 11.9. The van der Waals surface area contributed by atoms with Crippen LogP contribution in [0.1, 0.15) is 30.4 Å². The van der Waals surface area contributed by atoms with E-state index in [-0.39, 0.29) is 17.6 Å². The Kier molecular flexibility index (Phi) is 5.04. The lowest BCUT2D eigenvalue weighted by molar-refractivity contribution is -0.767. The van der Waals surface area contributed by atoms with Gasteiger partial charge in [-0.15, -0.1) is 10.1 Å². The highest BCUT2D eigenvalue weighted by Gasteiger charge is 2.20. The highest BCUT2D eigenvalue weighted by Crippen LogP contribution is 2.30. The van der Waals surface area contributed by atoms with Crippen molar-refractivity contribution in [3.63, 3.8) is 0 Å². The molecule has 0 aliphatic rings. The molecule has 0 saturated heterocycles. The first-order chi connectivity index (χ1) is 10.5. The first-order valence-corrected chi connectivity index (χ1v) is 6.78. The van der Waals surface area contributed by atoms with Crippen LogP contribution in [0.3, 0.4) is 0 Å². The minimum Gasteiger partial charge on any atom is -0.311 e. The maximum Gasteiger partial charge on any atom is 0.294 e. The summed E-state index contributed by atoms with van der Waals surface area (Å²) in [5, 5.41) is 9.60. The van der Waals surface area contributed by atoms with Crippen molar-refractivity contribution in [3.8, 4) is 0 Å². The van der Waals surface area contributed by atoms with Gasteiger partial charge in [0.1, 0.15) is 17.7 Å². The minimum absolute atomic E-state index is 0.254. The fraction of sp³-hybridized carbons (Fsp3) is 0.250. The lowest BCUT2D eigenvalue weighted by Gasteiger charge is -2.21. The van der Waals surface area contributed by atoms with Crippen LogP contribution in [0, 0.1) is 21.7 Å². The number of halogens is 2. The zero-order valence-corrected chi connectivity index (χ0v) is 11.9. The zero-order chi connectivity index (χ0) is 16.1. The van der Waals surface area contributed by atoms with E-state index in [1.54, 1.807) is 31.2 Å². The van der Waals surface area contributed by atoms with Gasteiger partial charge in [-0.25, -0.2) is 8.78 Å². The van der Waals surface area contributed by atoms with Crippen molar-refractivity contribution in [3.05, 3.63) is 81.4 Å². The molecule has 0 saturated carbocycles. The average Bonchev–Trinajstić information content (AvgIpc) is 2.46. The van der Waals surface area contributed by atoms with Gasteiger partial charge in [-0.2, -0.15) is 0 Å². The molecule has 0 N–H and O–H groups in total. The molecule has 0 spiro atoms. The van der Waals surface area contributed by atoms with Crippen LogP contribution in [-0.4, -0.2) is 11.2 Å². The van der Waals surface area contributed by atoms with Gasteiger partial charge in [0.25, 0.3) is 5.09 Å². The summed E-state index contributed by atoms with van der Waals surface area (Å²) in [6.07, 6.45) is -0.326. The van der Waals surface area contributed by atoms with Crippen LogP contribution in [0.15, 0.2) is 48.5 Å². The van der Waals surface area contributed by atoms with Crippen LogP contribution in [0.25, 0.3) is 0 Å². The van der Waals surface area contributed by atoms with E-state index < -0.39 is 11.2 Å². The van der Waals surface area contributed by atoms with E-state index in [2.05, 4.69) is 4.84 Å². The van der Waals surface area contributed by atoms with Gasteiger partial charge in [-0.05, 0) is 48.7 Å². The Labute approximate surface area is 126 Å². The summed E-state index contributed by atoms with van der Waals surface area (Å²) < 4.78 is 26.2. The fourth-order valence-electron chi connectivity index (χ4n) is 2.38. The first-order valence-electron chi connectivity index (χ1n) is 6.78. The highest BCUT2D eigenvalue weighted by atomic mass is 19.1. The molecule has 0 fully saturated rings. The SMILES string of the molecule is CC(CC(c1ccc(F)cc1)c1ccc(F)cc1)O[N+](=O)[O-]. The third-order valence-electron chi connectivity index (χ3n) is 3.38. The van der Waals surface area contributed by atoms with Gasteiger partial charge >= 0.3 is 0 Å². The quantitative estimate of drug-likeness (QED) is 0.597. The van der Waals surface area contributed by atoms with Crippen molar-refractivity contribution < 1.29 is 18.7 Å². The lowest BCUT2D eigenvalue weighted by Crippen LogP contribution is -2.17. The predicted molar refractivity (Wildman–Crippen MR) is 76.8 cm³/mol. The summed E-state index contributed by atoms with van der Waals surface area (Å²) in [5.41, 5.74) is 1.57. The normalized spacial score (nSPS) is 12.2. The van der Waals surface area contributed by atoms with Gasteiger partial charge in [-0.1, -0.05) is 24.3 Å². The van der Waals surface area contributed by atoms with Crippen molar-refractivity contribution in [2.75, 3.05) is 0 Å². The molecule has 0 aliphatic carbocycles. The maximum atomic E-state index is 13.1. The molecule has 2 aromatic carbocycles. The van der Waals surface area contributed by atoms with Crippen molar-refractivity contribution in [2.24, 2.45) is 0 Å². The van der Waals surface area contributed by atoms with Gasteiger partial charge in [0.05, 0.1) is 0 Å². The lowest BCUT2D eigenvalue weighted by atomic mass is 9.87. The van der Waals surface area contributed by atoms with Gasteiger partial charge in [0.15, 0.2) is 0 Å². The van der Waals surface area contributed by atoms with Crippen molar-refractivity contribution in [1.82, 2.24) is 0 Å². The third kappa shape index (κ3) is 4.25. The molecule has 0 heterocycles. The van der Waals surface area contributed by atoms with Gasteiger partial charge in [0, 0.05) is 5.92 Å². The van der Waals surface area contributed by atoms with E-state index in [4.69, 9.17) is 0 Å². The summed E-state index contributed by atoms with van der Waals surface area (Å²) in [5.74, 6) is -0.983. The summed E-state index contributed by atoms with van der Waals surface area (Å²) in [4.78, 5) is 15.0. The molecule has 1 atom stereocenters. The van der Waals surface area contributed by atoms with Crippen LogP contribution < -0.4 is 0 Å². The summed E-state index contributed by atoms with van der Waals surface area (Å²) >= 11 is 0. The number of benzene rings is 2.